The minimum absolute atomic E-state index is 0.0323. The van der Waals surface area contributed by atoms with Crippen molar-refractivity contribution in [1.29, 1.82) is 0 Å². The van der Waals surface area contributed by atoms with Crippen molar-refractivity contribution in [3.05, 3.63) is 46.5 Å². The monoisotopic (exact) mass is 314 g/mol. The van der Waals surface area contributed by atoms with Crippen molar-refractivity contribution in [2.24, 2.45) is 0 Å². The van der Waals surface area contributed by atoms with E-state index < -0.39 is 0 Å². The molecule has 2 heterocycles. The van der Waals surface area contributed by atoms with Crippen molar-refractivity contribution in [2.75, 3.05) is 13.7 Å². The van der Waals surface area contributed by atoms with Gasteiger partial charge < -0.3 is 9.84 Å². The number of hydrogen-bond acceptors (Lipinski definition) is 5. The van der Waals surface area contributed by atoms with Crippen LogP contribution in [0.25, 0.3) is 22.6 Å². The third-order valence-electron chi connectivity index (χ3n) is 3.62. The number of rotatable bonds is 6. The van der Waals surface area contributed by atoms with Gasteiger partial charge in [0, 0.05) is 25.8 Å². The number of aliphatic hydroxyl groups excluding tert-OH is 1. The lowest BCUT2D eigenvalue weighted by molar-refractivity contribution is 0.190. The molecule has 0 saturated carbocycles. The molecule has 1 aromatic carbocycles. The van der Waals surface area contributed by atoms with E-state index in [0.29, 0.717) is 30.1 Å². The molecule has 23 heavy (non-hydrogen) atoms. The molecule has 3 aromatic rings. The number of methoxy groups -OCH3 is 1. The Morgan fingerprint density at radius 2 is 2.26 bits per heavy atom. The van der Waals surface area contributed by atoms with E-state index >= 15 is 0 Å². The number of hydrogen-bond donors (Lipinski definition) is 2. The maximum absolute atomic E-state index is 12.0. The van der Waals surface area contributed by atoms with Crippen molar-refractivity contribution in [1.82, 2.24) is 19.5 Å². The van der Waals surface area contributed by atoms with Gasteiger partial charge in [0.15, 0.2) is 11.3 Å². The molecule has 0 atom stereocenters. The van der Waals surface area contributed by atoms with Crippen LogP contribution in [0.5, 0.6) is 0 Å². The summed E-state index contributed by atoms with van der Waals surface area (Å²) in [6.07, 6.45) is 2.34. The highest BCUT2D eigenvalue weighted by molar-refractivity contribution is 5.71. The van der Waals surface area contributed by atoms with Crippen LogP contribution in [-0.2, 0) is 17.9 Å². The number of nitrogens with one attached hydrogen (secondary N) is 1. The Labute approximate surface area is 132 Å². The van der Waals surface area contributed by atoms with Crippen LogP contribution in [-0.4, -0.2) is 38.3 Å². The number of aliphatic hydroxyl groups is 1. The second-order valence-electron chi connectivity index (χ2n) is 5.21. The first-order valence-corrected chi connectivity index (χ1v) is 7.37. The SMILES string of the molecule is COCCCn1c(=O)[nH]c2ncc(-c3cccc(CO)c3)nc21. The Balaban J connectivity index is 2.03. The highest BCUT2D eigenvalue weighted by Gasteiger charge is 2.11. The Hall–Kier alpha value is -2.51. The lowest BCUT2D eigenvalue weighted by Crippen LogP contribution is -2.18. The van der Waals surface area contributed by atoms with Crippen LogP contribution in [0.1, 0.15) is 12.0 Å². The normalized spacial score (nSPS) is 11.2. The van der Waals surface area contributed by atoms with Crippen LogP contribution in [0.3, 0.4) is 0 Å². The molecule has 120 valence electrons. The van der Waals surface area contributed by atoms with Gasteiger partial charge in [-0.25, -0.2) is 14.8 Å². The molecular weight excluding hydrogens is 296 g/mol. The Bertz CT molecular complexity index is 869. The number of H-pyrrole nitrogens is 1. The van der Waals surface area contributed by atoms with E-state index in [1.807, 2.05) is 24.3 Å². The number of nitrogens with zero attached hydrogens (tertiary/aromatic N) is 3. The summed E-state index contributed by atoms with van der Waals surface area (Å²) in [4.78, 5) is 23.6. The predicted octanol–water partition coefficient (Wildman–Crippen LogP) is 1.32. The van der Waals surface area contributed by atoms with Crippen molar-refractivity contribution in [3.63, 3.8) is 0 Å². The Kier molecular flexibility index (Phi) is 4.50. The van der Waals surface area contributed by atoms with Crippen molar-refractivity contribution >= 4 is 11.3 Å². The molecule has 3 rings (SSSR count). The minimum atomic E-state index is -0.225. The van der Waals surface area contributed by atoms with Crippen LogP contribution in [0.15, 0.2) is 35.3 Å². The van der Waals surface area contributed by atoms with Gasteiger partial charge in [0.1, 0.15) is 0 Å². The molecule has 0 unspecified atom stereocenters. The summed E-state index contributed by atoms with van der Waals surface area (Å²) in [5.41, 5.74) is 3.08. The van der Waals surface area contributed by atoms with Gasteiger partial charge in [-0.1, -0.05) is 18.2 Å². The van der Waals surface area contributed by atoms with E-state index in [2.05, 4.69) is 15.0 Å². The van der Waals surface area contributed by atoms with Gasteiger partial charge >= 0.3 is 5.69 Å². The summed E-state index contributed by atoms with van der Waals surface area (Å²) in [5, 5.41) is 9.25. The molecule has 0 saturated heterocycles. The van der Waals surface area contributed by atoms with Gasteiger partial charge in [0.25, 0.3) is 0 Å². The van der Waals surface area contributed by atoms with Crippen molar-refractivity contribution in [3.8, 4) is 11.3 Å². The molecule has 0 aliphatic heterocycles. The number of aromatic amines is 1. The summed E-state index contributed by atoms with van der Waals surface area (Å²) in [6.45, 7) is 1.06. The zero-order chi connectivity index (χ0) is 16.2. The quantitative estimate of drug-likeness (QED) is 0.669. The second-order valence-corrected chi connectivity index (χ2v) is 5.21. The first kappa shape index (κ1) is 15.4. The molecule has 2 N–H and O–H groups in total. The molecule has 2 aromatic heterocycles. The Morgan fingerprint density at radius 1 is 1.39 bits per heavy atom. The molecule has 0 bridgehead atoms. The van der Waals surface area contributed by atoms with Crippen molar-refractivity contribution in [2.45, 2.75) is 19.6 Å². The molecule has 0 fully saturated rings. The Morgan fingerprint density at radius 3 is 3.04 bits per heavy atom. The van der Waals surface area contributed by atoms with E-state index in [1.54, 1.807) is 17.9 Å². The van der Waals surface area contributed by atoms with E-state index in [4.69, 9.17) is 4.74 Å². The van der Waals surface area contributed by atoms with Crippen LogP contribution < -0.4 is 5.69 Å². The van der Waals surface area contributed by atoms with Gasteiger partial charge in [0.2, 0.25) is 0 Å². The predicted molar refractivity (Wildman–Crippen MR) is 86.0 cm³/mol. The fourth-order valence-corrected chi connectivity index (χ4v) is 2.46. The average Bonchev–Trinajstić information content (AvgIpc) is 2.90. The summed E-state index contributed by atoms with van der Waals surface area (Å²) >= 11 is 0. The van der Waals surface area contributed by atoms with Crippen molar-refractivity contribution < 1.29 is 9.84 Å². The molecular formula is C16H18N4O3. The van der Waals surface area contributed by atoms with Crippen LogP contribution in [0, 0.1) is 0 Å². The van der Waals surface area contributed by atoms with Gasteiger partial charge in [-0.15, -0.1) is 0 Å². The zero-order valence-corrected chi connectivity index (χ0v) is 12.8. The summed E-state index contributed by atoms with van der Waals surface area (Å²) < 4.78 is 6.60. The van der Waals surface area contributed by atoms with E-state index in [-0.39, 0.29) is 12.3 Å². The number of fused-ring (bicyclic) bond motifs is 1. The number of aryl methyl sites for hydroxylation is 1. The van der Waals surface area contributed by atoms with E-state index in [9.17, 15) is 9.90 Å². The standard InChI is InChI=1S/C16H18N4O3/c1-23-7-3-6-20-15-14(19-16(20)22)17-9-13(18-15)12-5-2-4-11(8-12)10-21/h2,4-5,8-9,21H,3,6-7,10H2,1H3,(H,17,19,22). The third kappa shape index (κ3) is 3.15. The molecule has 0 amide bonds. The first-order valence-electron chi connectivity index (χ1n) is 7.37. The summed E-state index contributed by atoms with van der Waals surface area (Å²) in [5.74, 6) is 0. The third-order valence-corrected chi connectivity index (χ3v) is 3.62. The topological polar surface area (TPSA) is 93.0 Å². The van der Waals surface area contributed by atoms with E-state index in [0.717, 1.165) is 17.5 Å². The smallest absolute Gasteiger partial charge is 0.328 e. The maximum Gasteiger partial charge on any atom is 0.328 e. The largest absolute Gasteiger partial charge is 0.392 e. The molecule has 7 heteroatoms. The number of aromatic nitrogens is 4. The minimum Gasteiger partial charge on any atom is -0.392 e. The average molecular weight is 314 g/mol. The first-order chi connectivity index (χ1) is 11.2. The molecule has 0 aliphatic rings. The number of imidazole rings is 1. The molecule has 0 spiro atoms. The number of ether oxygens (including phenoxy) is 1. The van der Waals surface area contributed by atoms with Gasteiger partial charge in [-0.2, -0.15) is 0 Å². The highest BCUT2D eigenvalue weighted by Crippen LogP contribution is 2.19. The van der Waals surface area contributed by atoms with Gasteiger partial charge in [-0.3, -0.25) is 9.55 Å². The fraction of sp³-hybridized carbons (Fsp3) is 0.312. The summed E-state index contributed by atoms with van der Waals surface area (Å²) in [7, 11) is 1.63. The summed E-state index contributed by atoms with van der Waals surface area (Å²) in [6, 6.07) is 7.45. The number of benzene rings is 1. The molecule has 7 nitrogen and oxygen atoms in total. The van der Waals surface area contributed by atoms with Gasteiger partial charge in [0.05, 0.1) is 18.5 Å². The molecule has 0 radical (unpaired) electrons. The fourth-order valence-electron chi connectivity index (χ4n) is 2.46. The maximum atomic E-state index is 12.0. The lowest BCUT2D eigenvalue weighted by Gasteiger charge is -2.05. The lowest BCUT2D eigenvalue weighted by atomic mass is 10.1. The van der Waals surface area contributed by atoms with E-state index in [1.165, 1.54) is 0 Å². The van der Waals surface area contributed by atoms with Crippen LogP contribution in [0.4, 0.5) is 0 Å². The zero-order valence-electron chi connectivity index (χ0n) is 12.8. The van der Waals surface area contributed by atoms with Crippen LogP contribution >= 0.6 is 0 Å². The van der Waals surface area contributed by atoms with Gasteiger partial charge in [-0.05, 0) is 18.1 Å². The molecule has 0 aliphatic carbocycles. The second kappa shape index (κ2) is 6.72. The van der Waals surface area contributed by atoms with Crippen LogP contribution in [0.2, 0.25) is 0 Å². The highest BCUT2D eigenvalue weighted by atomic mass is 16.5.